The summed E-state index contributed by atoms with van der Waals surface area (Å²) >= 11 is 0. The van der Waals surface area contributed by atoms with Crippen molar-refractivity contribution < 1.29 is 13.6 Å². The molecule has 1 saturated heterocycles. The van der Waals surface area contributed by atoms with Gasteiger partial charge in [0.25, 0.3) is 5.92 Å². The number of halogens is 2. The van der Waals surface area contributed by atoms with Gasteiger partial charge in [-0.1, -0.05) is 13.3 Å². The predicted molar refractivity (Wildman–Crippen MR) is 52.6 cm³/mol. The third-order valence-corrected chi connectivity index (χ3v) is 3.44. The molecule has 2 nitrogen and oxygen atoms in total. The maximum atomic E-state index is 13.5. The summed E-state index contributed by atoms with van der Waals surface area (Å²) in [4.78, 5) is 13.4. The Morgan fingerprint density at radius 3 is 2.53 bits per heavy atom. The van der Waals surface area contributed by atoms with Gasteiger partial charge in [-0.25, -0.2) is 8.78 Å². The van der Waals surface area contributed by atoms with Crippen LogP contribution < -0.4 is 0 Å². The monoisotopic (exact) mass is 217 g/mol. The lowest BCUT2D eigenvalue weighted by Gasteiger charge is -2.41. The van der Waals surface area contributed by atoms with E-state index in [0.717, 1.165) is 6.42 Å². The molecular weight excluding hydrogens is 200 g/mol. The molecule has 4 heteroatoms. The molecular formula is C11H17F2NO. The van der Waals surface area contributed by atoms with Crippen LogP contribution in [0.1, 0.15) is 32.6 Å². The number of amides is 1. The zero-order chi connectivity index (χ0) is 11.1. The summed E-state index contributed by atoms with van der Waals surface area (Å²) in [5, 5.41) is 0. The second-order valence-electron chi connectivity index (χ2n) is 4.91. The van der Waals surface area contributed by atoms with Gasteiger partial charge in [-0.15, -0.1) is 0 Å². The quantitative estimate of drug-likeness (QED) is 0.660. The molecule has 0 bridgehead atoms. The third-order valence-electron chi connectivity index (χ3n) is 3.44. The van der Waals surface area contributed by atoms with Crippen molar-refractivity contribution in [2.24, 2.45) is 11.8 Å². The molecule has 0 N–H and O–H groups in total. The van der Waals surface area contributed by atoms with E-state index in [-0.39, 0.29) is 12.3 Å². The van der Waals surface area contributed by atoms with Crippen molar-refractivity contribution in [2.75, 3.05) is 13.1 Å². The van der Waals surface area contributed by atoms with Gasteiger partial charge in [-0.05, 0) is 18.8 Å². The number of hydrogen-bond donors (Lipinski definition) is 0. The molecule has 2 rings (SSSR count). The molecule has 15 heavy (non-hydrogen) atoms. The maximum absolute atomic E-state index is 13.5. The van der Waals surface area contributed by atoms with Gasteiger partial charge in [0.1, 0.15) is 5.92 Å². The summed E-state index contributed by atoms with van der Waals surface area (Å²) in [6, 6.07) is 0. The van der Waals surface area contributed by atoms with Gasteiger partial charge in [0.05, 0.1) is 0 Å². The third kappa shape index (κ3) is 1.99. The molecule has 1 atom stereocenters. The lowest BCUT2D eigenvalue weighted by atomic mass is 9.83. The second-order valence-corrected chi connectivity index (χ2v) is 4.91. The van der Waals surface area contributed by atoms with E-state index in [9.17, 15) is 13.6 Å². The summed E-state index contributed by atoms with van der Waals surface area (Å²) in [7, 11) is 0. The highest BCUT2D eigenvalue weighted by atomic mass is 19.3. The number of hydrogen-bond acceptors (Lipinski definition) is 1. The van der Waals surface area contributed by atoms with Gasteiger partial charge in [-0.3, -0.25) is 4.79 Å². The average Bonchev–Trinajstić information content (AvgIpc) is 2.11. The van der Waals surface area contributed by atoms with Crippen molar-refractivity contribution in [3.63, 3.8) is 0 Å². The van der Waals surface area contributed by atoms with Crippen molar-refractivity contribution in [3.05, 3.63) is 0 Å². The minimum atomic E-state index is -2.77. The van der Waals surface area contributed by atoms with Crippen molar-refractivity contribution >= 4 is 5.91 Å². The molecule has 0 aromatic carbocycles. The van der Waals surface area contributed by atoms with Gasteiger partial charge in [-0.2, -0.15) is 0 Å². The number of likely N-dealkylation sites (tertiary alicyclic amines) is 1. The van der Waals surface area contributed by atoms with Crippen LogP contribution in [0, 0.1) is 11.8 Å². The Labute approximate surface area is 88.6 Å². The van der Waals surface area contributed by atoms with E-state index in [1.54, 1.807) is 4.90 Å². The summed E-state index contributed by atoms with van der Waals surface area (Å²) in [6.07, 6.45) is 1.55. The van der Waals surface area contributed by atoms with Crippen LogP contribution in [0.4, 0.5) is 8.78 Å². The van der Waals surface area contributed by atoms with Crippen molar-refractivity contribution in [1.29, 1.82) is 0 Å². The Morgan fingerprint density at radius 1 is 1.33 bits per heavy atom. The number of alkyl halides is 2. The van der Waals surface area contributed by atoms with Crippen LogP contribution in [0.2, 0.25) is 0 Å². The molecule has 2 aliphatic rings. The van der Waals surface area contributed by atoms with Crippen molar-refractivity contribution in [2.45, 2.75) is 38.5 Å². The second kappa shape index (κ2) is 3.72. The van der Waals surface area contributed by atoms with E-state index in [1.165, 1.54) is 0 Å². The maximum Gasteiger partial charge on any atom is 0.259 e. The number of carbonyl (C=O) groups excluding carboxylic acids is 1. The highest BCUT2D eigenvalue weighted by Gasteiger charge is 2.48. The van der Waals surface area contributed by atoms with Crippen LogP contribution in [0.3, 0.4) is 0 Å². The van der Waals surface area contributed by atoms with Crippen molar-refractivity contribution in [1.82, 2.24) is 4.90 Å². The first-order valence-corrected chi connectivity index (χ1v) is 5.67. The predicted octanol–water partition coefficient (Wildman–Crippen LogP) is 2.29. The van der Waals surface area contributed by atoms with Crippen LogP contribution in [-0.2, 0) is 4.79 Å². The largest absolute Gasteiger partial charge is 0.342 e. The summed E-state index contributed by atoms with van der Waals surface area (Å²) in [5.41, 5.74) is 0. The topological polar surface area (TPSA) is 20.3 Å². The molecule has 86 valence electrons. The van der Waals surface area contributed by atoms with E-state index in [1.807, 2.05) is 6.92 Å². The average molecular weight is 217 g/mol. The summed E-state index contributed by atoms with van der Waals surface area (Å²) in [5.74, 6) is -3.66. The van der Waals surface area contributed by atoms with E-state index in [0.29, 0.717) is 31.8 Å². The molecule has 1 aliphatic carbocycles. The summed E-state index contributed by atoms with van der Waals surface area (Å²) in [6.45, 7) is 3.35. The number of rotatable bonds is 1. The lowest BCUT2D eigenvalue weighted by molar-refractivity contribution is -0.161. The molecule has 0 aromatic heterocycles. The van der Waals surface area contributed by atoms with E-state index in [4.69, 9.17) is 0 Å². The Bertz CT molecular complexity index is 261. The highest BCUT2D eigenvalue weighted by Crippen LogP contribution is 2.40. The minimum absolute atomic E-state index is 0.118. The SMILES string of the molecule is CC1CN(C(=O)C2CCCCC2(F)F)C1. The van der Waals surface area contributed by atoms with E-state index < -0.39 is 11.8 Å². The first kappa shape index (κ1) is 10.8. The van der Waals surface area contributed by atoms with Gasteiger partial charge in [0, 0.05) is 19.5 Å². The van der Waals surface area contributed by atoms with Gasteiger partial charge in [0.2, 0.25) is 5.91 Å². The number of carbonyl (C=O) groups is 1. The molecule has 1 heterocycles. The zero-order valence-electron chi connectivity index (χ0n) is 9.01. The molecule has 1 unspecified atom stereocenters. The minimum Gasteiger partial charge on any atom is -0.342 e. The fraction of sp³-hybridized carbons (Fsp3) is 0.909. The standard InChI is InChI=1S/C11H17F2NO/c1-8-6-14(7-8)10(15)9-4-2-3-5-11(9,12)13/h8-9H,2-7H2,1H3. The first-order chi connectivity index (χ1) is 7.00. The Kier molecular flexibility index (Phi) is 2.69. The fourth-order valence-electron chi connectivity index (χ4n) is 2.50. The Balaban J connectivity index is 1.99. The number of nitrogens with zero attached hydrogens (tertiary/aromatic N) is 1. The van der Waals surface area contributed by atoms with E-state index in [2.05, 4.69) is 0 Å². The van der Waals surface area contributed by atoms with Crippen LogP contribution in [0.5, 0.6) is 0 Å². The van der Waals surface area contributed by atoms with Crippen LogP contribution in [-0.4, -0.2) is 29.8 Å². The van der Waals surface area contributed by atoms with Crippen LogP contribution in [0.25, 0.3) is 0 Å². The zero-order valence-corrected chi connectivity index (χ0v) is 9.01. The smallest absolute Gasteiger partial charge is 0.259 e. The molecule has 1 aliphatic heterocycles. The summed E-state index contributed by atoms with van der Waals surface area (Å²) < 4.78 is 27.0. The Hall–Kier alpha value is -0.670. The van der Waals surface area contributed by atoms with Crippen LogP contribution in [0.15, 0.2) is 0 Å². The first-order valence-electron chi connectivity index (χ1n) is 5.67. The van der Waals surface area contributed by atoms with E-state index >= 15 is 0 Å². The molecule has 1 saturated carbocycles. The molecule has 2 fully saturated rings. The fourth-order valence-corrected chi connectivity index (χ4v) is 2.50. The van der Waals surface area contributed by atoms with Gasteiger partial charge < -0.3 is 4.90 Å². The van der Waals surface area contributed by atoms with Crippen LogP contribution >= 0.6 is 0 Å². The Morgan fingerprint density at radius 2 is 2.00 bits per heavy atom. The molecule has 0 spiro atoms. The van der Waals surface area contributed by atoms with Crippen molar-refractivity contribution in [3.8, 4) is 0 Å². The highest BCUT2D eigenvalue weighted by molar-refractivity contribution is 5.80. The van der Waals surface area contributed by atoms with Gasteiger partial charge >= 0.3 is 0 Å². The normalized spacial score (nSPS) is 31.1. The molecule has 1 amide bonds. The molecule has 0 radical (unpaired) electrons. The van der Waals surface area contributed by atoms with Gasteiger partial charge in [0.15, 0.2) is 0 Å². The molecule has 0 aromatic rings. The lowest BCUT2D eigenvalue weighted by Crippen LogP contribution is -2.54.